The van der Waals surface area contributed by atoms with Crippen molar-refractivity contribution in [1.29, 1.82) is 0 Å². The van der Waals surface area contributed by atoms with Crippen LogP contribution in [0, 0.1) is 6.92 Å². The molecule has 9 nitrogen and oxygen atoms in total. The molecule has 0 bridgehead atoms. The number of fused-ring (bicyclic) bond motifs is 1. The van der Waals surface area contributed by atoms with Crippen LogP contribution in [0.2, 0.25) is 0 Å². The standard InChI is InChI=1S/C19H19N7O2S/c1-11-15-7-6-13(9-16(15)26-25-11)17-22-18(20)24-19(23-17)21-14-5-3-4-12(8-14)10-29(2,27)28/h3-9H,10H2,1-2H3,(H,25,26)(H3,20,21,22,23,24). The largest absolute Gasteiger partial charge is 0.368 e. The van der Waals surface area contributed by atoms with E-state index in [4.69, 9.17) is 5.73 Å². The molecule has 4 rings (SSSR count). The lowest BCUT2D eigenvalue weighted by Gasteiger charge is -2.09. The molecule has 0 amide bonds. The van der Waals surface area contributed by atoms with Crippen LogP contribution in [0.15, 0.2) is 42.5 Å². The lowest BCUT2D eigenvalue weighted by Crippen LogP contribution is -2.05. The molecule has 10 heteroatoms. The van der Waals surface area contributed by atoms with Crippen molar-refractivity contribution in [2.45, 2.75) is 12.7 Å². The van der Waals surface area contributed by atoms with Crippen LogP contribution in [-0.2, 0) is 15.6 Å². The van der Waals surface area contributed by atoms with Crippen molar-refractivity contribution < 1.29 is 8.42 Å². The van der Waals surface area contributed by atoms with E-state index in [-0.39, 0.29) is 17.6 Å². The topological polar surface area (TPSA) is 140 Å². The highest BCUT2D eigenvalue weighted by atomic mass is 32.2. The van der Waals surface area contributed by atoms with Crippen LogP contribution in [-0.4, -0.2) is 39.8 Å². The van der Waals surface area contributed by atoms with Gasteiger partial charge in [-0.2, -0.15) is 20.1 Å². The molecule has 0 aliphatic heterocycles. The first-order valence-electron chi connectivity index (χ1n) is 8.77. The number of H-pyrrole nitrogens is 1. The number of nitrogens with two attached hydrogens (primary N) is 1. The minimum atomic E-state index is -3.13. The number of hydrogen-bond acceptors (Lipinski definition) is 8. The van der Waals surface area contributed by atoms with Gasteiger partial charge >= 0.3 is 0 Å². The number of anilines is 3. The Labute approximate surface area is 167 Å². The van der Waals surface area contributed by atoms with Crippen molar-refractivity contribution in [2.75, 3.05) is 17.3 Å². The molecular weight excluding hydrogens is 390 g/mol. The third-order valence-corrected chi connectivity index (χ3v) is 5.13. The van der Waals surface area contributed by atoms with Crippen LogP contribution < -0.4 is 11.1 Å². The fourth-order valence-corrected chi connectivity index (χ4v) is 3.82. The summed E-state index contributed by atoms with van der Waals surface area (Å²) in [5.41, 5.74) is 9.74. The smallest absolute Gasteiger partial charge is 0.232 e. The molecule has 4 aromatic rings. The maximum absolute atomic E-state index is 11.5. The summed E-state index contributed by atoms with van der Waals surface area (Å²) in [5, 5.41) is 11.3. The molecule has 0 saturated heterocycles. The lowest BCUT2D eigenvalue weighted by atomic mass is 10.1. The van der Waals surface area contributed by atoms with Gasteiger partial charge in [0.15, 0.2) is 15.7 Å². The third kappa shape index (κ3) is 4.32. The number of aryl methyl sites for hydroxylation is 1. The van der Waals surface area contributed by atoms with Gasteiger partial charge in [-0.1, -0.05) is 24.3 Å². The normalized spacial score (nSPS) is 11.7. The number of hydrogen-bond donors (Lipinski definition) is 3. The van der Waals surface area contributed by atoms with E-state index in [0.717, 1.165) is 22.2 Å². The van der Waals surface area contributed by atoms with Crippen molar-refractivity contribution in [2.24, 2.45) is 0 Å². The molecule has 0 saturated carbocycles. The van der Waals surface area contributed by atoms with E-state index in [1.54, 1.807) is 24.3 Å². The van der Waals surface area contributed by atoms with Gasteiger partial charge in [-0.25, -0.2) is 8.42 Å². The Balaban J connectivity index is 1.65. The van der Waals surface area contributed by atoms with E-state index in [2.05, 4.69) is 30.5 Å². The summed E-state index contributed by atoms with van der Waals surface area (Å²) in [5.74, 6) is 0.705. The number of rotatable bonds is 5. The number of benzene rings is 2. The molecule has 2 heterocycles. The highest BCUT2D eigenvalue weighted by molar-refractivity contribution is 7.89. The summed E-state index contributed by atoms with van der Waals surface area (Å²) in [6.07, 6.45) is 1.20. The number of sulfone groups is 1. The summed E-state index contributed by atoms with van der Waals surface area (Å²) < 4.78 is 23.1. The van der Waals surface area contributed by atoms with E-state index in [0.29, 0.717) is 17.1 Å². The predicted molar refractivity (Wildman–Crippen MR) is 112 cm³/mol. The highest BCUT2D eigenvalue weighted by Crippen LogP contribution is 2.24. The zero-order chi connectivity index (χ0) is 20.6. The molecule has 0 atom stereocenters. The summed E-state index contributed by atoms with van der Waals surface area (Å²) in [6.45, 7) is 1.95. The second-order valence-corrected chi connectivity index (χ2v) is 8.96. The zero-order valence-corrected chi connectivity index (χ0v) is 16.7. The van der Waals surface area contributed by atoms with Gasteiger partial charge in [0.05, 0.1) is 11.3 Å². The van der Waals surface area contributed by atoms with Crippen molar-refractivity contribution in [3.8, 4) is 11.4 Å². The summed E-state index contributed by atoms with van der Waals surface area (Å²) in [6, 6.07) is 12.8. The monoisotopic (exact) mass is 409 g/mol. The second kappa shape index (κ2) is 7.13. The van der Waals surface area contributed by atoms with E-state index < -0.39 is 9.84 Å². The average Bonchev–Trinajstić information content (AvgIpc) is 3.00. The van der Waals surface area contributed by atoms with Crippen LogP contribution in [0.4, 0.5) is 17.6 Å². The van der Waals surface area contributed by atoms with Crippen molar-refractivity contribution in [1.82, 2.24) is 25.1 Å². The lowest BCUT2D eigenvalue weighted by molar-refractivity contribution is 0.601. The number of aromatic nitrogens is 5. The molecule has 0 fully saturated rings. The van der Waals surface area contributed by atoms with Crippen LogP contribution in [0.1, 0.15) is 11.3 Å². The van der Waals surface area contributed by atoms with Crippen molar-refractivity contribution in [3.05, 3.63) is 53.7 Å². The summed E-state index contributed by atoms with van der Waals surface area (Å²) >= 11 is 0. The minimum absolute atomic E-state index is 0.0454. The minimum Gasteiger partial charge on any atom is -0.368 e. The fraction of sp³-hybridized carbons (Fsp3) is 0.158. The summed E-state index contributed by atoms with van der Waals surface area (Å²) in [7, 11) is -3.13. The predicted octanol–water partition coefficient (Wildman–Crippen LogP) is 2.59. The molecule has 29 heavy (non-hydrogen) atoms. The van der Waals surface area contributed by atoms with Crippen LogP contribution in [0.3, 0.4) is 0 Å². The number of nitrogen functional groups attached to an aromatic ring is 1. The number of nitrogens with one attached hydrogen (secondary N) is 2. The number of aromatic amines is 1. The Morgan fingerprint density at radius 2 is 1.93 bits per heavy atom. The van der Waals surface area contributed by atoms with Gasteiger partial charge in [-0.05, 0) is 30.7 Å². The Kier molecular flexibility index (Phi) is 4.63. The molecule has 0 aliphatic rings. The maximum atomic E-state index is 11.5. The van der Waals surface area contributed by atoms with E-state index >= 15 is 0 Å². The first kappa shape index (κ1) is 18.8. The first-order chi connectivity index (χ1) is 13.8. The van der Waals surface area contributed by atoms with Gasteiger partial charge in [-0.3, -0.25) is 5.10 Å². The molecule has 2 aromatic heterocycles. The zero-order valence-electron chi connectivity index (χ0n) is 15.8. The van der Waals surface area contributed by atoms with E-state index in [1.807, 2.05) is 25.1 Å². The fourth-order valence-electron chi connectivity index (χ4n) is 3.03. The first-order valence-corrected chi connectivity index (χ1v) is 10.8. The van der Waals surface area contributed by atoms with Crippen LogP contribution in [0.25, 0.3) is 22.3 Å². The molecule has 0 aliphatic carbocycles. The molecule has 0 spiro atoms. The Bertz CT molecular complexity index is 1320. The highest BCUT2D eigenvalue weighted by Gasteiger charge is 2.11. The van der Waals surface area contributed by atoms with Crippen molar-refractivity contribution >= 4 is 38.3 Å². The van der Waals surface area contributed by atoms with E-state index in [9.17, 15) is 8.42 Å². The van der Waals surface area contributed by atoms with Gasteiger partial charge < -0.3 is 11.1 Å². The van der Waals surface area contributed by atoms with E-state index in [1.165, 1.54) is 6.26 Å². The second-order valence-electron chi connectivity index (χ2n) is 6.82. The Hall–Kier alpha value is -3.53. The molecule has 0 radical (unpaired) electrons. The van der Waals surface area contributed by atoms with Gasteiger partial charge in [0.25, 0.3) is 0 Å². The van der Waals surface area contributed by atoms with Crippen LogP contribution in [0.5, 0.6) is 0 Å². The van der Waals surface area contributed by atoms with Gasteiger partial charge in [0.1, 0.15) is 0 Å². The number of nitrogens with zero attached hydrogens (tertiary/aromatic N) is 4. The SMILES string of the molecule is Cc1[nH]nc2cc(-c3nc(N)nc(Nc4cccc(CS(C)(=O)=O)c4)n3)ccc12. The Morgan fingerprint density at radius 1 is 1.10 bits per heavy atom. The molecular formula is C19H19N7O2S. The quantitative estimate of drug-likeness (QED) is 0.457. The third-order valence-electron chi connectivity index (χ3n) is 4.27. The van der Waals surface area contributed by atoms with Gasteiger partial charge in [-0.15, -0.1) is 0 Å². The van der Waals surface area contributed by atoms with Crippen molar-refractivity contribution in [3.63, 3.8) is 0 Å². The molecule has 4 N–H and O–H groups in total. The molecule has 148 valence electrons. The van der Waals surface area contributed by atoms with Crippen LogP contribution >= 0.6 is 0 Å². The summed E-state index contributed by atoms with van der Waals surface area (Å²) in [4.78, 5) is 12.8. The molecule has 2 aromatic carbocycles. The maximum Gasteiger partial charge on any atom is 0.232 e. The van der Waals surface area contributed by atoms with Gasteiger partial charge in [0.2, 0.25) is 11.9 Å². The Morgan fingerprint density at radius 3 is 2.72 bits per heavy atom. The average molecular weight is 409 g/mol. The molecule has 0 unspecified atom stereocenters. The van der Waals surface area contributed by atoms with Gasteiger partial charge in [0, 0.05) is 28.6 Å².